The lowest BCUT2D eigenvalue weighted by atomic mass is 10.3. The summed E-state index contributed by atoms with van der Waals surface area (Å²) >= 11 is 5.67. The molecule has 0 unspecified atom stereocenters. The number of rotatable bonds is 1. The molecule has 2 aromatic heterocycles. The van der Waals surface area contributed by atoms with E-state index in [9.17, 15) is 0 Å². The normalized spacial score (nSPS) is 10.2. The summed E-state index contributed by atoms with van der Waals surface area (Å²) in [5.74, 6) is 0.536. The summed E-state index contributed by atoms with van der Waals surface area (Å²) in [6.45, 7) is 0. The third-order valence-corrected chi connectivity index (χ3v) is 1.73. The summed E-state index contributed by atoms with van der Waals surface area (Å²) in [6, 6.07) is 3.59. The quantitative estimate of drug-likeness (QED) is 0.756. The Hall–Kier alpha value is -1.55. The van der Waals surface area contributed by atoms with Crippen molar-refractivity contribution in [2.24, 2.45) is 0 Å². The van der Waals surface area contributed by atoms with Crippen molar-refractivity contribution in [2.45, 2.75) is 0 Å². The molecule has 0 aliphatic carbocycles. The number of hydrogen-bond acceptors (Lipinski definition) is 4. The van der Waals surface area contributed by atoms with Gasteiger partial charge in [0.05, 0.1) is 11.2 Å². The maximum Gasteiger partial charge on any atom is 0.292 e. The van der Waals surface area contributed by atoms with Gasteiger partial charge >= 0.3 is 0 Å². The zero-order valence-electron chi connectivity index (χ0n) is 6.57. The van der Waals surface area contributed by atoms with Gasteiger partial charge in [-0.1, -0.05) is 11.6 Å². The van der Waals surface area contributed by atoms with Crippen LogP contribution in [0.5, 0.6) is 0 Å². The van der Waals surface area contributed by atoms with E-state index >= 15 is 0 Å². The molecule has 0 saturated carbocycles. The second-order valence-corrected chi connectivity index (χ2v) is 2.86. The van der Waals surface area contributed by atoms with Crippen LogP contribution in [0.4, 0.5) is 6.01 Å². The fraction of sp³-hybridized carbons (Fsp3) is 0. The molecule has 2 aromatic rings. The molecule has 4 nitrogen and oxygen atoms in total. The van der Waals surface area contributed by atoms with Crippen molar-refractivity contribution in [1.82, 2.24) is 9.97 Å². The summed E-state index contributed by atoms with van der Waals surface area (Å²) in [4.78, 5) is 7.79. The zero-order valence-corrected chi connectivity index (χ0v) is 7.32. The van der Waals surface area contributed by atoms with Gasteiger partial charge < -0.3 is 10.2 Å². The first-order valence-corrected chi connectivity index (χ1v) is 3.97. The van der Waals surface area contributed by atoms with Crippen molar-refractivity contribution in [3.63, 3.8) is 0 Å². The summed E-state index contributed by atoms with van der Waals surface area (Å²) in [6.07, 6.45) is 3.06. The van der Waals surface area contributed by atoms with Crippen molar-refractivity contribution in [2.75, 3.05) is 5.73 Å². The highest BCUT2D eigenvalue weighted by Crippen LogP contribution is 2.19. The molecule has 13 heavy (non-hydrogen) atoms. The number of hydrogen-bond donors (Lipinski definition) is 1. The Kier molecular flexibility index (Phi) is 1.90. The number of oxazole rings is 1. The van der Waals surface area contributed by atoms with E-state index < -0.39 is 0 Å². The van der Waals surface area contributed by atoms with Gasteiger partial charge in [0.1, 0.15) is 5.69 Å². The van der Waals surface area contributed by atoms with Crippen LogP contribution in [0.2, 0.25) is 5.02 Å². The summed E-state index contributed by atoms with van der Waals surface area (Å²) in [5.41, 5.74) is 5.97. The van der Waals surface area contributed by atoms with E-state index in [4.69, 9.17) is 21.8 Å². The summed E-state index contributed by atoms with van der Waals surface area (Å²) in [5, 5.41) is 0.580. The zero-order chi connectivity index (χ0) is 9.26. The molecule has 5 heteroatoms. The molecule has 2 heterocycles. The molecule has 0 fully saturated rings. The first-order valence-electron chi connectivity index (χ1n) is 3.59. The van der Waals surface area contributed by atoms with Gasteiger partial charge in [-0.2, -0.15) is 0 Å². The largest absolute Gasteiger partial charge is 0.422 e. The SMILES string of the molecule is Nc1ncc(-c2ccc(Cl)cn2)o1. The highest BCUT2D eigenvalue weighted by atomic mass is 35.5. The first-order chi connectivity index (χ1) is 6.25. The minimum absolute atomic E-state index is 0.131. The number of anilines is 1. The molecule has 0 aromatic carbocycles. The van der Waals surface area contributed by atoms with Gasteiger partial charge in [-0.05, 0) is 12.1 Å². The molecule has 0 spiro atoms. The van der Waals surface area contributed by atoms with Crippen LogP contribution < -0.4 is 5.73 Å². The molecule has 0 atom stereocenters. The Morgan fingerprint density at radius 1 is 1.23 bits per heavy atom. The van der Waals surface area contributed by atoms with E-state index in [2.05, 4.69) is 9.97 Å². The molecule has 0 aliphatic heterocycles. The van der Waals surface area contributed by atoms with E-state index in [0.717, 1.165) is 0 Å². The topological polar surface area (TPSA) is 64.9 Å². The fourth-order valence-electron chi connectivity index (χ4n) is 0.928. The number of pyridine rings is 1. The number of nitrogens with two attached hydrogens (primary N) is 1. The Labute approximate surface area is 79.4 Å². The van der Waals surface area contributed by atoms with Crippen molar-refractivity contribution in [1.29, 1.82) is 0 Å². The average Bonchev–Trinajstić information content (AvgIpc) is 2.53. The molecular weight excluding hydrogens is 190 g/mol. The van der Waals surface area contributed by atoms with Gasteiger partial charge in [0, 0.05) is 6.20 Å². The van der Waals surface area contributed by atoms with Crippen LogP contribution in [0.1, 0.15) is 0 Å². The Bertz CT molecular complexity index is 410. The molecule has 2 rings (SSSR count). The molecular formula is C8H6ClN3O. The highest BCUT2D eigenvalue weighted by Gasteiger charge is 2.04. The van der Waals surface area contributed by atoms with Crippen molar-refractivity contribution in [3.05, 3.63) is 29.5 Å². The van der Waals surface area contributed by atoms with Gasteiger partial charge in [0.25, 0.3) is 6.01 Å². The van der Waals surface area contributed by atoms with Gasteiger partial charge in [0.2, 0.25) is 0 Å². The van der Waals surface area contributed by atoms with Crippen molar-refractivity contribution < 1.29 is 4.42 Å². The maximum absolute atomic E-state index is 5.67. The van der Waals surface area contributed by atoms with Crippen LogP contribution in [0, 0.1) is 0 Å². The van der Waals surface area contributed by atoms with E-state index in [0.29, 0.717) is 16.5 Å². The predicted molar refractivity (Wildman–Crippen MR) is 49.2 cm³/mol. The van der Waals surface area contributed by atoms with Crippen LogP contribution >= 0.6 is 11.6 Å². The minimum atomic E-state index is 0.131. The third kappa shape index (κ3) is 1.62. The smallest absolute Gasteiger partial charge is 0.292 e. The van der Waals surface area contributed by atoms with Crippen LogP contribution in [0.25, 0.3) is 11.5 Å². The second-order valence-electron chi connectivity index (χ2n) is 2.42. The number of aromatic nitrogens is 2. The number of nitrogen functional groups attached to an aromatic ring is 1. The molecule has 66 valence electrons. The minimum Gasteiger partial charge on any atom is -0.422 e. The third-order valence-electron chi connectivity index (χ3n) is 1.50. The van der Waals surface area contributed by atoms with E-state index in [1.54, 1.807) is 12.1 Å². The average molecular weight is 196 g/mol. The molecule has 0 bridgehead atoms. The summed E-state index contributed by atoms with van der Waals surface area (Å²) in [7, 11) is 0. The van der Waals surface area contributed by atoms with Crippen molar-refractivity contribution >= 4 is 17.6 Å². The van der Waals surface area contributed by atoms with E-state index in [1.165, 1.54) is 12.4 Å². The van der Waals surface area contributed by atoms with Gasteiger partial charge in [-0.15, -0.1) is 0 Å². The van der Waals surface area contributed by atoms with Crippen molar-refractivity contribution in [3.8, 4) is 11.5 Å². The predicted octanol–water partition coefficient (Wildman–Crippen LogP) is 1.97. The molecule has 0 amide bonds. The van der Waals surface area contributed by atoms with Gasteiger partial charge in [-0.25, -0.2) is 4.98 Å². The van der Waals surface area contributed by atoms with E-state index in [1.807, 2.05) is 0 Å². The lowest BCUT2D eigenvalue weighted by molar-refractivity contribution is 0.592. The highest BCUT2D eigenvalue weighted by molar-refractivity contribution is 6.30. The summed E-state index contributed by atoms with van der Waals surface area (Å²) < 4.78 is 5.07. The van der Waals surface area contributed by atoms with Gasteiger partial charge in [0.15, 0.2) is 5.76 Å². The fourth-order valence-corrected chi connectivity index (χ4v) is 1.04. The van der Waals surface area contributed by atoms with Crippen LogP contribution in [-0.4, -0.2) is 9.97 Å². The Balaban J connectivity index is 2.41. The molecule has 0 radical (unpaired) electrons. The number of nitrogens with zero attached hydrogens (tertiary/aromatic N) is 2. The van der Waals surface area contributed by atoms with Crippen LogP contribution in [0.3, 0.4) is 0 Å². The number of halogens is 1. The van der Waals surface area contributed by atoms with Crippen LogP contribution in [0.15, 0.2) is 28.9 Å². The van der Waals surface area contributed by atoms with Crippen LogP contribution in [-0.2, 0) is 0 Å². The van der Waals surface area contributed by atoms with E-state index in [-0.39, 0.29) is 6.01 Å². The lowest BCUT2D eigenvalue weighted by Crippen LogP contribution is -1.81. The lowest BCUT2D eigenvalue weighted by Gasteiger charge is -1.93. The van der Waals surface area contributed by atoms with Gasteiger partial charge in [-0.3, -0.25) is 4.98 Å². The second kappa shape index (κ2) is 3.06. The monoisotopic (exact) mass is 195 g/mol. The molecule has 2 N–H and O–H groups in total. The Morgan fingerprint density at radius 3 is 2.62 bits per heavy atom. The maximum atomic E-state index is 5.67. The Morgan fingerprint density at radius 2 is 2.08 bits per heavy atom. The standard InChI is InChI=1S/C8H6ClN3O/c9-5-1-2-6(11-3-5)7-4-12-8(10)13-7/h1-4H,(H2,10,12). The molecule has 0 saturated heterocycles. The first kappa shape index (κ1) is 8.07. The molecule has 0 aliphatic rings.